The molecule has 1 aliphatic heterocycles. The smallest absolute Gasteiger partial charge is 0.261 e. The maximum absolute atomic E-state index is 12.4. The molecule has 1 heterocycles. The summed E-state index contributed by atoms with van der Waals surface area (Å²) in [5.74, 6) is -0.864. The van der Waals surface area contributed by atoms with Crippen molar-refractivity contribution in [1.82, 2.24) is 10.2 Å². The lowest BCUT2D eigenvalue weighted by Gasteiger charge is -2.13. The zero-order valence-corrected chi connectivity index (χ0v) is 15.2. The van der Waals surface area contributed by atoms with E-state index >= 15 is 0 Å². The number of nitrogens with zero attached hydrogens (tertiary/aromatic N) is 1. The van der Waals surface area contributed by atoms with Crippen molar-refractivity contribution in [1.29, 1.82) is 0 Å². The van der Waals surface area contributed by atoms with E-state index in [2.05, 4.69) is 5.32 Å². The van der Waals surface area contributed by atoms with E-state index in [0.29, 0.717) is 29.1 Å². The highest BCUT2D eigenvalue weighted by Crippen LogP contribution is 2.23. The molecule has 3 rings (SSSR count). The van der Waals surface area contributed by atoms with E-state index in [-0.39, 0.29) is 30.7 Å². The quantitative estimate of drug-likeness (QED) is 0.795. The molecule has 0 bridgehead atoms. The second kappa shape index (κ2) is 7.70. The van der Waals surface area contributed by atoms with Crippen LogP contribution in [0.25, 0.3) is 0 Å². The maximum atomic E-state index is 12.4. The maximum Gasteiger partial charge on any atom is 0.261 e. The van der Waals surface area contributed by atoms with Gasteiger partial charge in [0.25, 0.3) is 11.8 Å². The van der Waals surface area contributed by atoms with E-state index in [1.165, 1.54) is 0 Å². The van der Waals surface area contributed by atoms with E-state index < -0.39 is 0 Å². The molecule has 0 radical (unpaired) electrons. The molecule has 2 aromatic carbocycles. The van der Waals surface area contributed by atoms with Crippen molar-refractivity contribution < 1.29 is 14.4 Å². The van der Waals surface area contributed by atoms with Crippen LogP contribution in [0.3, 0.4) is 0 Å². The molecule has 0 saturated carbocycles. The van der Waals surface area contributed by atoms with E-state index in [1.807, 2.05) is 25.1 Å². The van der Waals surface area contributed by atoms with E-state index in [4.69, 9.17) is 11.6 Å². The van der Waals surface area contributed by atoms with Gasteiger partial charge in [-0.1, -0.05) is 35.4 Å². The molecule has 3 amide bonds. The first-order valence-electron chi connectivity index (χ1n) is 8.43. The molecule has 0 atom stereocenters. The topological polar surface area (TPSA) is 66.5 Å². The molecule has 1 N–H and O–H groups in total. The van der Waals surface area contributed by atoms with Crippen LogP contribution in [0.2, 0.25) is 5.02 Å². The fraction of sp³-hybridized carbons (Fsp3) is 0.250. The van der Waals surface area contributed by atoms with E-state index in [9.17, 15) is 14.4 Å². The molecule has 0 unspecified atom stereocenters. The number of carbonyl (C=O) groups is 3. The SMILES string of the molecule is Cc1ccc2c(c1)C(=O)N(CCC(=O)NCCc1cccc(Cl)c1)C2=O. The number of hydrogen-bond acceptors (Lipinski definition) is 3. The number of fused-ring (bicyclic) bond motifs is 1. The number of carbonyl (C=O) groups excluding carboxylic acids is 3. The normalized spacial score (nSPS) is 13.1. The van der Waals surface area contributed by atoms with Gasteiger partial charge in [0.15, 0.2) is 0 Å². The van der Waals surface area contributed by atoms with Crippen LogP contribution in [0.15, 0.2) is 42.5 Å². The van der Waals surface area contributed by atoms with Crippen molar-refractivity contribution in [3.05, 3.63) is 69.7 Å². The zero-order chi connectivity index (χ0) is 18.7. The van der Waals surface area contributed by atoms with E-state index in [0.717, 1.165) is 16.0 Å². The van der Waals surface area contributed by atoms with Crippen LogP contribution in [-0.2, 0) is 11.2 Å². The van der Waals surface area contributed by atoms with Gasteiger partial charge in [-0.05, 0) is 43.2 Å². The number of nitrogens with one attached hydrogen (secondary N) is 1. The summed E-state index contributed by atoms with van der Waals surface area (Å²) in [6.07, 6.45) is 0.749. The number of benzene rings is 2. The summed E-state index contributed by atoms with van der Waals surface area (Å²) in [6, 6.07) is 12.6. The summed E-state index contributed by atoms with van der Waals surface area (Å²) < 4.78 is 0. The fourth-order valence-electron chi connectivity index (χ4n) is 2.95. The first-order chi connectivity index (χ1) is 12.5. The number of halogens is 1. The van der Waals surface area contributed by atoms with Gasteiger partial charge in [-0.15, -0.1) is 0 Å². The second-order valence-corrected chi connectivity index (χ2v) is 6.73. The van der Waals surface area contributed by atoms with Crippen LogP contribution in [0.4, 0.5) is 0 Å². The molecule has 1 aliphatic rings. The van der Waals surface area contributed by atoms with Gasteiger partial charge in [0.2, 0.25) is 5.91 Å². The number of imide groups is 1. The third-order valence-electron chi connectivity index (χ3n) is 4.31. The summed E-state index contributed by atoms with van der Waals surface area (Å²) in [6.45, 7) is 2.42. The van der Waals surface area contributed by atoms with Crippen LogP contribution in [-0.4, -0.2) is 35.7 Å². The molecule has 0 fully saturated rings. The first-order valence-corrected chi connectivity index (χ1v) is 8.81. The summed E-state index contributed by atoms with van der Waals surface area (Å²) in [4.78, 5) is 37.8. The minimum atomic E-state index is -0.336. The zero-order valence-electron chi connectivity index (χ0n) is 14.4. The van der Waals surface area contributed by atoms with Crippen molar-refractivity contribution in [3.63, 3.8) is 0 Å². The van der Waals surface area contributed by atoms with Crippen molar-refractivity contribution >= 4 is 29.3 Å². The largest absolute Gasteiger partial charge is 0.356 e. The molecule has 0 spiro atoms. The Hall–Kier alpha value is -2.66. The molecular formula is C20H19ClN2O3. The minimum Gasteiger partial charge on any atom is -0.356 e. The van der Waals surface area contributed by atoms with Gasteiger partial charge in [0.05, 0.1) is 11.1 Å². The molecule has 0 saturated heterocycles. The summed E-state index contributed by atoms with van der Waals surface area (Å²) in [5.41, 5.74) is 2.78. The number of hydrogen-bond donors (Lipinski definition) is 1. The Balaban J connectivity index is 1.49. The lowest BCUT2D eigenvalue weighted by atomic mass is 10.1. The molecule has 6 heteroatoms. The Bertz CT molecular complexity index is 879. The highest BCUT2D eigenvalue weighted by atomic mass is 35.5. The first kappa shape index (κ1) is 18.1. The fourth-order valence-corrected chi connectivity index (χ4v) is 3.16. The van der Waals surface area contributed by atoms with Gasteiger partial charge in [-0.2, -0.15) is 0 Å². The number of aryl methyl sites for hydroxylation is 1. The highest BCUT2D eigenvalue weighted by Gasteiger charge is 2.35. The lowest BCUT2D eigenvalue weighted by Crippen LogP contribution is -2.35. The standard InChI is InChI=1S/C20H19ClN2O3/c1-13-5-6-16-17(11-13)20(26)23(19(16)25)10-8-18(24)22-9-7-14-3-2-4-15(21)12-14/h2-6,11-12H,7-10H2,1H3,(H,22,24). The Morgan fingerprint density at radius 2 is 1.85 bits per heavy atom. The average Bonchev–Trinajstić information content (AvgIpc) is 2.83. The molecule has 0 aliphatic carbocycles. The van der Waals surface area contributed by atoms with Crippen molar-refractivity contribution in [2.24, 2.45) is 0 Å². The summed E-state index contributed by atoms with van der Waals surface area (Å²) in [5, 5.41) is 3.46. The number of rotatable bonds is 6. The van der Waals surface area contributed by atoms with Crippen LogP contribution >= 0.6 is 11.6 Å². The van der Waals surface area contributed by atoms with Crippen LogP contribution in [0.1, 0.15) is 38.3 Å². The van der Waals surface area contributed by atoms with Crippen molar-refractivity contribution in [2.75, 3.05) is 13.1 Å². The second-order valence-electron chi connectivity index (χ2n) is 6.29. The Morgan fingerprint density at radius 1 is 1.08 bits per heavy atom. The molecule has 0 aromatic heterocycles. The van der Waals surface area contributed by atoms with Gasteiger partial charge in [0, 0.05) is 24.5 Å². The van der Waals surface area contributed by atoms with Gasteiger partial charge in [-0.25, -0.2) is 0 Å². The minimum absolute atomic E-state index is 0.0778. The van der Waals surface area contributed by atoms with Crippen molar-refractivity contribution in [3.8, 4) is 0 Å². The molecular weight excluding hydrogens is 352 g/mol. The Labute approximate surface area is 156 Å². The Kier molecular flexibility index (Phi) is 5.38. The summed E-state index contributed by atoms with van der Waals surface area (Å²) >= 11 is 5.93. The van der Waals surface area contributed by atoms with Crippen LogP contribution in [0, 0.1) is 6.92 Å². The van der Waals surface area contributed by atoms with Gasteiger partial charge in [-0.3, -0.25) is 19.3 Å². The van der Waals surface area contributed by atoms with Crippen LogP contribution < -0.4 is 5.32 Å². The lowest BCUT2D eigenvalue weighted by molar-refractivity contribution is -0.121. The van der Waals surface area contributed by atoms with Gasteiger partial charge < -0.3 is 5.32 Å². The molecule has 26 heavy (non-hydrogen) atoms. The Morgan fingerprint density at radius 3 is 2.62 bits per heavy atom. The third-order valence-corrected chi connectivity index (χ3v) is 4.55. The summed E-state index contributed by atoms with van der Waals surface area (Å²) in [7, 11) is 0. The predicted octanol–water partition coefficient (Wildman–Crippen LogP) is 2.99. The molecule has 5 nitrogen and oxygen atoms in total. The van der Waals surface area contributed by atoms with Crippen molar-refractivity contribution in [2.45, 2.75) is 19.8 Å². The van der Waals surface area contributed by atoms with Crippen LogP contribution in [0.5, 0.6) is 0 Å². The molecule has 2 aromatic rings. The van der Waals surface area contributed by atoms with E-state index in [1.54, 1.807) is 24.3 Å². The average molecular weight is 371 g/mol. The molecule has 134 valence electrons. The highest BCUT2D eigenvalue weighted by molar-refractivity contribution is 6.30. The number of amides is 3. The third kappa shape index (κ3) is 3.94. The monoisotopic (exact) mass is 370 g/mol. The van der Waals surface area contributed by atoms with Gasteiger partial charge in [0.1, 0.15) is 0 Å². The predicted molar refractivity (Wildman–Crippen MR) is 99.3 cm³/mol. The van der Waals surface area contributed by atoms with Gasteiger partial charge >= 0.3 is 0 Å².